The van der Waals surface area contributed by atoms with Crippen LogP contribution in [0.15, 0.2) is 42.6 Å². The second kappa shape index (κ2) is 7.70. The van der Waals surface area contributed by atoms with Crippen LogP contribution in [0.4, 0.5) is 0 Å². The largest absolute Gasteiger partial charge is 0.496 e. The van der Waals surface area contributed by atoms with Gasteiger partial charge in [0, 0.05) is 53.8 Å². The summed E-state index contributed by atoms with van der Waals surface area (Å²) in [6.07, 6.45) is 4.07. The highest BCUT2D eigenvalue weighted by Gasteiger charge is 2.47. The number of carbonyl (C=O) groups is 1. The number of carboxylic acid groups (broad SMARTS) is 1. The summed E-state index contributed by atoms with van der Waals surface area (Å²) in [6.45, 7) is 5.43. The van der Waals surface area contributed by atoms with Crippen LogP contribution in [0.5, 0.6) is 5.75 Å². The number of rotatable bonds is 5. The number of hydrogen-bond acceptors (Lipinski definition) is 4. The maximum atomic E-state index is 11.3. The molecule has 6 heteroatoms. The molecule has 31 heavy (non-hydrogen) atoms. The number of hydrogen-bond donors (Lipinski definition) is 2. The quantitative estimate of drug-likeness (QED) is 0.634. The van der Waals surface area contributed by atoms with Crippen LogP contribution in [0.25, 0.3) is 10.9 Å². The van der Waals surface area contributed by atoms with Gasteiger partial charge in [-0.3, -0.25) is 4.90 Å². The molecule has 1 spiro atoms. The number of carboxylic acids is 1. The minimum Gasteiger partial charge on any atom is -0.496 e. The third-order valence-electron chi connectivity index (χ3n) is 7.03. The molecule has 2 N–H and O–H groups in total. The van der Waals surface area contributed by atoms with E-state index in [0.717, 1.165) is 56.0 Å². The number of aromatic carboxylic acids is 1. The number of aromatic amines is 1. The van der Waals surface area contributed by atoms with E-state index in [0.29, 0.717) is 5.56 Å². The first-order chi connectivity index (χ1) is 15.0. The predicted molar refractivity (Wildman–Crippen MR) is 119 cm³/mol. The molecule has 6 nitrogen and oxygen atoms in total. The van der Waals surface area contributed by atoms with Gasteiger partial charge in [0.2, 0.25) is 0 Å². The van der Waals surface area contributed by atoms with Gasteiger partial charge in [0.1, 0.15) is 5.75 Å². The highest BCUT2D eigenvalue weighted by molar-refractivity contribution is 5.88. The molecule has 0 radical (unpaired) electrons. The monoisotopic (exact) mass is 420 g/mol. The van der Waals surface area contributed by atoms with Gasteiger partial charge in [-0.25, -0.2) is 4.79 Å². The van der Waals surface area contributed by atoms with E-state index in [1.165, 1.54) is 16.5 Å². The Balaban J connectivity index is 1.53. The zero-order valence-electron chi connectivity index (χ0n) is 18.0. The van der Waals surface area contributed by atoms with Gasteiger partial charge in [-0.1, -0.05) is 12.1 Å². The first kappa shape index (κ1) is 20.1. The van der Waals surface area contributed by atoms with Crippen LogP contribution < -0.4 is 4.74 Å². The van der Waals surface area contributed by atoms with Crippen LogP contribution in [0.1, 0.15) is 45.9 Å². The summed E-state index contributed by atoms with van der Waals surface area (Å²) in [5.41, 5.74) is 5.14. The van der Waals surface area contributed by atoms with Crippen molar-refractivity contribution in [3.63, 3.8) is 0 Å². The van der Waals surface area contributed by atoms with Crippen molar-refractivity contribution in [2.75, 3.05) is 26.9 Å². The second-order valence-corrected chi connectivity index (χ2v) is 9.00. The highest BCUT2D eigenvalue weighted by atomic mass is 16.5. The summed E-state index contributed by atoms with van der Waals surface area (Å²) in [5.74, 6) is 0.0166. The van der Waals surface area contributed by atoms with Crippen molar-refractivity contribution < 1.29 is 19.4 Å². The van der Waals surface area contributed by atoms with Gasteiger partial charge >= 0.3 is 5.97 Å². The van der Waals surface area contributed by atoms with E-state index in [1.807, 2.05) is 18.3 Å². The van der Waals surface area contributed by atoms with Crippen molar-refractivity contribution in [3.8, 4) is 5.75 Å². The molecule has 0 saturated carbocycles. The second-order valence-electron chi connectivity index (χ2n) is 9.00. The molecule has 2 aromatic carbocycles. The smallest absolute Gasteiger partial charge is 0.335 e. The number of ether oxygens (including phenoxy) is 2. The van der Waals surface area contributed by atoms with E-state index in [4.69, 9.17) is 9.47 Å². The summed E-state index contributed by atoms with van der Waals surface area (Å²) in [5, 5.41) is 10.5. The molecule has 3 aromatic rings. The van der Waals surface area contributed by atoms with Gasteiger partial charge < -0.3 is 19.6 Å². The number of H-pyrrole nitrogens is 1. The number of nitrogens with one attached hydrogen (secondary N) is 1. The summed E-state index contributed by atoms with van der Waals surface area (Å²) < 4.78 is 11.6. The first-order valence-electron chi connectivity index (χ1n) is 10.8. The topological polar surface area (TPSA) is 74.8 Å². The van der Waals surface area contributed by atoms with Gasteiger partial charge in [-0.05, 0) is 55.2 Å². The molecule has 2 fully saturated rings. The number of aromatic nitrogens is 1. The van der Waals surface area contributed by atoms with E-state index in [-0.39, 0.29) is 11.5 Å². The van der Waals surface area contributed by atoms with Crippen LogP contribution in [-0.2, 0) is 11.3 Å². The molecular weight excluding hydrogens is 392 g/mol. The molecule has 2 aliphatic heterocycles. The van der Waals surface area contributed by atoms with Gasteiger partial charge in [0.15, 0.2) is 0 Å². The molecule has 2 aliphatic rings. The minimum absolute atomic E-state index is 0.158. The van der Waals surface area contributed by atoms with E-state index < -0.39 is 5.97 Å². The Morgan fingerprint density at radius 3 is 2.81 bits per heavy atom. The Hall–Kier alpha value is -2.83. The highest BCUT2D eigenvalue weighted by Crippen LogP contribution is 2.49. The van der Waals surface area contributed by atoms with Crippen LogP contribution in [-0.4, -0.2) is 47.8 Å². The lowest BCUT2D eigenvalue weighted by Gasteiger charge is -2.26. The number of nitrogens with zero attached hydrogens (tertiary/aromatic N) is 1. The average molecular weight is 421 g/mol. The Bertz CT molecular complexity index is 1110. The molecule has 0 aliphatic carbocycles. The Labute approximate surface area is 181 Å². The van der Waals surface area contributed by atoms with E-state index in [9.17, 15) is 9.90 Å². The minimum atomic E-state index is -0.894. The van der Waals surface area contributed by atoms with Crippen LogP contribution in [0, 0.1) is 12.3 Å². The number of aryl methyl sites for hydroxylation is 1. The van der Waals surface area contributed by atoms with Crippen molar-refractivity contribution in [2.24, 2.45) is 5.41 Å². The SMILES string of the molecule is COc1cc(C)c2[nH]ccc2c1CN1CC2(CCOC2)CC1c1ccc(C(=O)O)cc1. The van der Waals surface area contributed by atoms with Crippen molar-refractivity contribution in [3.05, 3.63) is 64.8 Å². The molecule has 2 unspecified atom stereocenters. The lowest BCUT2D eigenvalue weighted by molar-refractivity contribution is 0.0697. The number of methoxy groups -OCH3 is 1. The molecule has 2 atom stereocenters. The molecule has 0 amide bonds. The molecular formula is C25H28N2O4. The number of likely N-dealkylation sites (tertiary alicyclic amines) is 1. The normalized spacial score (nSPS) is 23.7. The summed E-state index contributed by atoms with van der Waals surface area (Å²) in [4.78, 5) is 17.2. The molecule has 2 saturated heterocycles. The lowest BCUT2D eigenvalue weighted by Crippen LogP contribution is -2.28. The predicted octanol–water partition coefficient (Wildman–Crippen LogP) is 4.54. The molecule has 162 valence electrons. The average Bonchev–Trinajstić information content (AvgIpc) is 3.51. The zero-order chi connectivity index (χ0) is 21.6. The number of benzene rings is 2. The van der Waals surface area contributed by atoms with Gasteiger partial charge in [0.05, 0.1) is 19.3 Å². The fourth-order valence-corrected chi connectivity index (χ4v) is 5.41. The molecule has 3 heterocycles. The molecule has 1 aromatic heterocycles. The lowest BCUT2D eigenvalue weighted by atomic mass is 9.83. The fourth-order valence-electron chi connectivity index (χ4n) is 5.41. The van der Waals surface area contributed by atoms with Crippen molar-refractivity contribution >= 4 is 16.9 Å². The van der Waals surface area contributed by atoms with Crippen LogP contribution >= 0.6 is 0 Å². The third kappa shape index (κ3) is 3.50. The standard InChI is InChI=1S/C25H28N2O4/c1-16-11-22(30-2)20(19-7-9-26-23(16)19)13-27-14-25(8-10-31-15-25)12-21(27)17-3-5-18(6-4-17)24(28)29/h3-7,9,11,21,26H,8,10,12-15H2,1-2H3,(H,28,29). The van der Waals surface area contributed by atoms with Gasteiger partial charge in [-0.15, -0.1) is 0 Å². The Morgan fingerprint density at radius 2 is 2.13 bits per heavy atom. The first-order valence-corrected chi connectivity index (χ1v) is 10.8. The van der Waals surface area contributed by atoms with Crippen molar-refractivity contribution in [1.82, 2.24) is 9.88 Å². The zero-order valence-corrected chi connectivity index (χ0v) is 18.0. The third-order valence-corrected chi connectivity index (χ3v) is 7.03. The Kier molecular flexibility index (Phi) is 4.99. The van der Waals surface area contributed by atoms with Crippen LogP contribution in [0.3, 0.4) is 0 Å². The summed E-state index contributed by atoms with van der Waals surface area (Å²) in [6, 6.07) is 11.8. The van der Waals surface area contributed by atoms with Crippen molar-refractivity contribution in [2.45, 2.75) is 32.4 Å². The molecule has 5 rings (SSSR count). The number of fused-ring (bicyclic) bond motifs is 1. The maximum absolute atomic E-state index is 11.3. The maximum Gasteiger partial charge on any atom is 0.335 e. The van der Waals surface area contributed by atoms with Gasteiger partial charge in [-0.2, -0.15) is 0 Å². The van der Waals surface area contributed by atoms with Gasteiger partial charge in [0.25, 0.3) is 0 Å². The molecule has 0 bridgehead atoms. The van der Waals surface area contributed by atoms with E-state index in [2.05, 4.69) is 28.9 Å². The van der Waals surface area contributed by atoms with Crippen molar-refractivity contribution in [1.29, 1.82) is 0 Å². The Morgan fingerprint density at radius 1 is 1.32 bits per heavy atom. The fraction of sp³-hybridized carbons (Fsp3) is 0.400. The van der Waals surface area contributed by atoms with E-state index in [1.54, 1.807) is 19.2 Å². The van der Waals surface area contributed by atoms with E-state index >= 15 is 0 Å². The summed E-state index contributed by atoms with van der Waals surface area (Å²) in [7, 11) is 1.73. The van der Waals surface area contributed by atoms with Crippen LogP contribution in [0.2, 0.25) is 0 Å². The summed E-state index contributed by atoms with van der Waals surface area (Å²) >= 11 is 0.